The molecule has 0 radical (unpaired) electrons. The van der Waals surface area contributed by atoms with E-state index in [2.05, 4.69) is 4.84 Å². The Morgan fingerprint density at radius 2 is 1.81 bits per heavy atom. The number of nitrogens with two attached hydrogens (primary N) is 1. The van der Waals surface area contributed by atoms with Crippen molar-refractivity contribution in [2.24, 2.45) is 5.90 Å². The second-order valence-corrected chi connectivity index (χ2v) is 4.23. The zero-order valence-electron chi connectivity index (χ0n) is 8.73. The Morgan fingerprint density at radius 1 is 1.25 bits per heavy atom. The summed E-state index contributed by atoms with van der Waals surface area (Å²) in [6.45, 7) is 3.26. The Labute approximate surface area is 96.1 Å². The smallest absolute Gasteiger partial charge is 0.294 e. The molecule has 0 aromatic heterocycles. The van der Waals surface area contributed by atoms with Crippen LogP contribution < -0.4 is 5.90 Å². The van der Waals surface area contributed by atoms with Crippen molar-refractivity contribution < 1.29 is 18.0 Å². The van der Waals surface area contributed by atoms with Gasteiger partial charge in [-0.05, 0) is 31.5 Å². The zero-order chi connectivity index (χ0) is 12.6. The third kappa shape index (κ3) is 2.66. The molecule has 0 fully saturated rings. The fourth-order valence-corrected chi connectivity index (χ4v) is 1.48. The molecular formula is C10H11ClF3NO. The van der Waals surface area contributed by atoms with Gasteiger partial charge in [0, 0.05) is 0 Å². The van der Waals surface area contributed by atoms with E-state index in [9.17, 15) is 13.2 Å². The molecule has 2 nitrogen and oxygen atoms in total. The predicted octanol–water partition coefficient (Wildman–Crippen LogP) is 3.48. The van der Waals surface area contributed by atoms with Gasteiger partial charge in [-0.25, -0.2) is 5.90 Å². The van der Waals surface area contributed by atoms with E-state index in [-0.39, 0.29) is 5.02 Å². The van der Waals surface area contributed by atoms with E-state index in [4.69, 9.17) is 17.5 Å². The molecule has 2 N–H and O–H groups in total. The fraction of sp³-hybridized carbons (Fsp3) is 0.400. The van der Waals surface area contributed by atoms with Crippen molar-refractivity contribution in [1.29, 1.82) is 0 Å². The monoisotopic (exact) mass is 253 g/mol. The van der Waals surface area contributed by atoms with E-state index in [1.165, 1.54) is 12.1 Å². The molecule has 0 aliphatic heterocycles. The van der Waals surface area contributed by atoms with Gasteiger partial charge in [-0.1, -0.05) is 17.7 Å². The van der Waals surface area contributed by atoms with Crippen LogP contribution in [0.25, 0.3) is 0 Å². The van der Waals surface area contributed by atoms with Crippen LogP contribution in [-0.2, 0) is 16.6 Å². The molecule has 90 valence electrons. The lowest BCUT2D eigenvalue weighted by molar-refractivity contribution is -0.137. The van der Waals surface area contributed by atoms with E-state index in [1.807, 2.05) is 0 Å². The van der Waals surface area contributed by atoms with Crippen LogP contribution in [0.2, 0.25) is 5.02 Å². The van der Waals surface area contributed by atoms with E-state index in [0.717, 1.165) is 6.07 Å². The standard InChI is InChI=1S/C10H11ClF3NO/c1-9(2,16-15)6-3-4-7(8(11)5-6)10(12,13)14/h3-5H,15H2,1-2H3. The van der Waals surface area contributed by atoms with Crippen molar-refractivity contribution in [1.82, 2.24) is 0 Å². The predicted molar refractivity (Wildman–Crippen MR) is 54.8 cm³/mol. The van der Waals surface area contributed by atoms with Crippen LogP contribution in [0.4, 0.5) is 13.2 Å². The maximum Gasteiger partial charge on any atom is 0.417 e. The van der Waals surface area contributed by atoms with Crippen molar-refractivity contribution in [3.8, 4) is 0 Å². The molecule has 0 saturated heterocycles. The van der Waals surface area contributed by atoms with Crippen LogP contribution in [0.1, 0.15) is 25.0 Å². The number of rotatable bonds is 2. The summed E-state index contributed by atoms with van der Waals surface area (Å²) in [5.41, 5.74) is -1.27. The highest BCUT2D eigenvalue weighted by atomic mass is 35.5. The lowest BCUT2D eigenvalue weighted by Gasteiger charge is -2.23. The van der Waals surface area contributed by atoms with Crippen LogP contribution in [0.15, 0.2) is 18.2 Å². The van der Waals surface area contributed by atoms with E-state index >= 15 is 0 Å². The summed E-state index contributed by atoms with van der Waals surface area (Å²) in [5, 5.41) is -0.366. The average Bonchev–Trinajstić information content (AvgIpc) is 2.15. The summed E-state index contributed by atoms with van der Waals surface area (Å²) in [7, 11) is 0. The van der Waals surface area contributed by atoms with Gasteiger partial charge in [0.25, 0.3) is 0 Å². The summed E-state index contributed by atoms with van der Waals surface area (Å²) in [5.74, 6) is 5.05. The molecule has 1 rings (SSSR count). The van der Waals surface area contributed by atoms with Crippen molar-refractivity contribution in [2.75, 3.05) is 0 Å². The van der Waals surface area contributed by atoms with Gasteiger partial charge in [0.2, 0.25) is 0 Å². The molecule has 0 saturated carbocycles. The van der Waals surface area contributed by atoms with Crippen molar-refractivity contribution in [3.05, 3.63) is 34.3 Å². The Kier molecular flexibility index (Phi) is 3.52. The highest BCUT2D eigenvalue weighted by Crippen LogP contribution is 2.36. The first kappa shape index (κ1) is 13.3. The molecule has 0 unspecified atom stereocenters. The largest absolute Gasteiger partial charge is 0.417 e. The Balaban J connectivity index is 3.20. The third-order valence-corrected chi connectivity index (χ3v) is 2.58. The van der Waals surface area contributed by atoms with Gasteiger partial charge in [-0.15, -0.1) is 0 Å². The second-order valence-electron chi connectivity index (χ2n) is 3.82. The summed E-state index contributed by atoms with van der Waals surface area (Å²) in [6.07, 6.45) is -4.46. The third-order valence-electron chi connectivity index (χ3n) is 2.26. The highest BCUT2D eigenvalue weighted by molar-refractivity contribution is 6.31. The molecule has 16 heavy (non-hydrogen) atoms. The number of benzene rings is 1. The quantitative estimate of drug-likeness (QED) is 0.819. The molecular weight excluding hydrogens is 243 g/mol. The zero-order valence-corrected chi connectivity index (χ0v) is 9.49. The topological polar surface area (TPSA) is 35.2 Å². The molecule has 1 aromatic rings. The lowest BCUT2D eigenvalue weighted by Crippen LogP contribution is -2.25. The fourth-order valence-electron chi connectivity index (χ4n) is 1.19. The van der Waals surface area contributed by atoms with Gasteiger partial charge in [0.1, 0.15) is 5.60 Å². The first-order valence-corrected chi connectivity index (χ1v) is 4.81. The number of hydrogen-bond acceptors (Lipinski definition) is 2. The molecule has 0 spiro atoms. The normalized spacial score (nSPS) is 12.9. The minimum atomic E-state index is -4.46. The van der Waals surface area contributed by atoms with E-state index in [0.29, 0.717) is 5.56 Å². The molecule has 0 amide bonds. The van der Waals surface area contributed by atoms with Gasteiger partial charge in [-0.2, -0.15) is 13.2 Å². The van der Waals surface area contributed by atoms with Crippen LogP contribution in [0.3, 0.4) is 0 Å². The van der Waals surface area contributed by atoms with Gasteiger partial charge in [-0.3, -0.25) is 4.84 Å². The maximum atomic E-state index is 12.4. The Morgan fingerprint density at radius 3 is 2.19 bits per heavy atom. The molecule has 0 aliphatic rings. The van der Waals surface area contributed by atoms with Gasteiger partial charge in [0.05, 0.1) is 10.6 Å². The Hall–Kier alpha value is -0.780. The average molecular weight is 254 g/mol. The minimum absolute atomic E-state index is 0.366. The summed E-state index contributed by atoms with van der Waals surface area (Å²) >= 11 is 5.56. The number of halogens is 4. The summed E-state index contributed by atoms with van der Waals surface area (Å²) in [4.78, 5) is 4.66. The summed E-state index contributed by atoms with van der Waals surface area (Å²) in [6, 6.07) is 3.41. The van der Waals surface area contributed by atoms with E-state index in [1.54, 1.807) is 13.8 Å². The van der Waals surface area contributed by atoms with Gasteiger partial charge in [0.15, 0.2) is 0 Å². The van der Waals surface area contributed by atoms with Crippen molar-refractivity contribution in [3.63, 3.8) is 0 Å². The second kappa shape index (κ2) is 4.24. The summed E-state index contributed by atoms with van der Waals surface area (Å²) < 4.78 is 37.3. The molecule has 0 bridgehead atoms. The van der Waals surface area contributed by atoms with Crippen LogP contribution in [-0.4, -0.2) is 0 Å². The van der Waals surface area contributed by atoms with Gasteiger partial charge >= 0.3 is 6.18 Å². The SMILES string of the molecule is CC(C)(ON)c1ccc(C(F)(F)F)c(Cl)c1. The first-order chi connectivity index (χ1) is 7.18. The molecule has 1 aromatic carbocycles. The molecule has 0 heterocycles. The van der Waals surface area contributed by atoms with E-state index < -0.39 is 17.3 Å². The van der Waals surface area contributed by atoms with Crippen LogP contribution in [0, 0.1) is 0 Å². The van der Waals surface area contributed by atoms with Crippen LogP contribution >= 0.6 is 11.6 Å². The van der Waals surface area contributed by atoms with Crippen molar-refractivity contribution >= 4 is 11.6 Å². The van der Waals surface area contributed by atoms with Gasteiger partial charge < -0.3 is 0 Å². The highest BCUT2D eigenvalue weighted by Gasteiger charge is 2.34. The minimum Gasteiger partial charge on any atom is -0.294 e. The lowest BCUT2D eigenvalue weighted by atomic mass is 9.97. The molecule has 0 aliphatic carbocycles. The number of alkyl halides is 3. The van der Waals surface area contributed by atoms with Crippen molar-refractivity contribution in [2.45, 2.75) is 25.6 Å². The Bertz CT molecular complexity index is 390. The maximum absolute atomic E-state index is 12.4. The molecule has 6 heteroatoms. The van der Waals surface area contributed by atoms with Crippen LogP contribution in [0.5, 0.6) is 0 Å². The number of hydrogen-bond donors (Lipinski definition) is 1. The first-order valence-electron chi connectivity index (χ1n) is 4.43. The molecule has 0 atom stereocenters.